The average molecular weight is 318 g/mol. The Hall–Kier alpha value is -1.88. The molecule has 1 amide bonds. The fourth-order valence-corrected chi connectivity index (χ4v) is 2.78. The lowest BCUT2D eigenvalue weighted by atomic mass is 10.2. The van der Waals surface area contributed by atoms with Crippen molar-refractivity contribution in [3.05, 3.63) is 40.9 Å². The van der Waals surface area contributed by atoms with Crippen LogP contribution < -0.4 is 9.64 Å². The first kappa shape index (κ1) is 16.5. The Balaban J connectivity index is 1.96. The van der Waals surface area contributed by atoms with Crippen LogP contribution in [0.3, 0.4) is 0 Å². The van der Waals surface area contributed by atoms with Crippen LogP contribution in [0.2, 0.25) is 0 Å². The molecule has 2 rings (SSSR count). The van der Waals surface area contributed by atoms with Gasteiger partial charge in [0, 0.05) is 18.0 Å². The summed E-state index contributed by atoms with van der Waals surface area (Å²) >= 11 is 1.47. The first-order chi connectivity index (χ1) is 10.6. The van der Waals surface area contributed by atoms with Gasteiger partial charge in [-0.25, -0.2) is 4.98 Å². The summed E-state index contributed by atoms with van der Waals surface area (Å²) in [6.07, 6.45) is 3.41. The molecule has 0 atom stereocenters. The number of aryl methyl sites for hydroxylation is 1. The molecule has 118 valence electrons. The van der Waals surface area contributed by atoms with Gasteiger partial charge in [-0.2, -0.15) is 0 Å². The molecule has 0 saturated heterocycles. The maximum absolute atomic E-state index is 12.4. The molecule has 0 aliphatic rings. The SMILES string of the molecule is CCCCCOc1ccc(C(=O)N(C)c2nc(C)cs2)cc1. The molecule has 0 aliphatic carbocycles. The van der Waals surface area contributed by atoms with Gasteiger partial charge in [-0.15, -0.1) is 11.3 Å². The maximum Gasteiger partial charge on any atom is 0.259 e. The van der Waals surface area contributed by atoms with Crippen LogP contribution in [-0.4, -0.2) is 24.5 Å². The number of aromatic nitrogens is 1. The number of carbonyl (C=O) groups excluding carboxylic acids is 1. The molecule has 0 unspecified atom stereocenters. The molecule has 1 aromatic carbocycles. The number of amides is 1. The van der Waals surface area contributed by atoms with E-state index >= 15 is 0 Å². The molecule has 0 radical (unpaired) electrons. The summed E-state index contributed by atoms with van der Waals surface area (Å²) < 4.78 is 5.66. The Bertz CT molecular complexity index is 607. The second kappa shape index (κ2) is 7.94. The van der Waals surface area contributed by atoms with E-state index in [2.05, 4.69) is 11.9 Å². The molecule has 1 aromatic heterocycles. The summed E-state index contributed by atoms with van der Waals surface area (Å²) in [5.74, 6) is 0.743. The van der Waals surface area contributed by atoms with Gasteiger partial charge in [-0.05, 0) is 37.6 Å². The van der Waals surface area contributed by atoms with Crippen molar-refractivity contribution in [2.75, 3.05) is 18.6 Å². The molecule has 0 bridgehead atoms. The van der Waals surface area contributed by atoms with Crippen molar-refractivity contribution in [3.8, 4) is 5.75 Å². The standard InChI is InChI=1S/C17H22N2O2S/c1-4-5-6-11-21-15-9-7-14(8-10-15)16(20)19(3)17-18-13(2)12-22-17/h7-10,12H,4-6,11H2,1-3H3. The number of hydrogen-bond acceptors (Lipinski definition) is 4. The quantitative estimate of drug-likeness (QED) is 0.715. The molecular formula is C17H22N2O2S. The number of thiazole rings is 1. The molecule has 22 heavy (non-hydrogen) atoms. The second-order valence-corrected chi connectivity index (χ2v) is 6.05. The number of hydrogen-bond donors (Lipinski definition) is 0. The van der Waals surface area contributed by atoms with Gasteiger partial charge in [0.2, 0.25) is 0 Å². The van der Waals surface area contributed by atoms with E-state index in [4.69, 9.17) is 4.74 Å². The third-order valence-corrected chi connectivity index (χ3v) is 4.35. The molecule has 1 heterocycles. The Labute approximate surface area is 135 Å². The van der Waals surface area contributed by atoms with E-state index in [1.807, 2.05) is 24.4 Å². The molecular weight excluding hydrogens is 296 g/mol. The first-order valence-corrected chi connectivity index (χ1v) is 8.43. The summed E-state index contributed by atoms with van der Waals surface area (Å²) in [6, 6.07) is 7.29. The van der Waals surface area contributed by atoms with E-state index in [9.17, 15) is 4.79 Å². The van der Waals surface area contributed by atoms with Crippen LogP contribution in [0.25, 0.3) is 0 Å². The normalized spacial score (nSPS) is 10.5. The molecule has 4 nitrogen and oxygen atoms in total. The average Bonchev–Trinajstić information content (AvgIpc) is 2.97. The Morgan fingerprint density at radius 3 is 2.59 bits per heavy atom. The number of anilines is 1. The monoisotopic (exact) mass is 318 g/mol. The van der Waals surface area contributed by atoms with E-state index in [0.717, 1.165) is 24.5 Å². The zero-order valence-electron chi connectivity index (χ0n) is 13.3. The minimum absolute atomic E-state index is 0.0631. The fourth-order valence-electron chi connectivity index (χ4n) is 2.01. The van der Waals surface area contributed by atoms with Crippen molar-refractivity contribution in [3.63, 3.8) is 0 Å². The van der Waals surface area contributed by atoms with Gasteiger partial charge < -0.3 is 4.74 Å². The minimum atomic E-state index is -0.0631. The summed E-state index contributed by atoms with van der Waals surface area (Å²) in [4.78, 5) is 18.3. The number of rotatable bonds is 7. The summed E-state index contributed by atoms with van der Waals surface area (Å²) in [7, 11) is 1.75. The number of unbranched alkanes of at least 4 members (excludes halogenated alkanes) is 2. The van der Waals surface area contributed by atoms with E-state index in [1.165, 1.54) is 24.2 Å². The van der Waals surface area contributed by atoms with Crippen LogP contribution in [0, 0.1) is 6.92 Å². The Kier molecular flexibility index (Phi) is 5.95. The number of nitrogens with zero attached hydrogens (tertiary/aromatic N) is 2. The van der Waals surface area contributed by atoms with Gasteiger partial charge in [-0.3, -0.25) is 9.69 Å². The molecule has 0 N–H and O–H groups in total. The second-order valence-electron chi connectivity index (χ2n) is 5.22. The van der Waals surface area contributed by atoms with Crippen molar-refractivity contribution in [1.82, 2.24) is 4.98 Å². The van der Waals surface area contributed by atoms with Crippen molar-refractivity contribution in [2.45, 2.75) is 33.1 Å². The van der Waals surface area contributed by atoms with Crippen LogP contribution >= 0.6 is 11.3 Å². The highest BCUT2D eigenvalue weighted by Gasteiger charge is 2.16. The van der Waals surface area contributed by atoms with Crippen LogP contribution in [0.4, 0.5) is 5.13 Å². The highest BCUT2D eigenvalue weighted by Crippen LogP contribution is 2.21. The highest BCUT2D eigenvalue weighted by atomic mass is 32.1. The lowest BCUT2D eigenvalue weighted by molar-refractivity contribution is 0.0993. The smallest absolute Gasteiger partial charge is 0.259 e. The van der Waals surface area contributed by atoms with Gasteiger partial charge in [0.15, 0.2) is 5.13 Å². The molecule has 0 spiro atoms. The first-order valence-electron chi connectivity index (χ1n) is 7.55. The number of benzene rings is 1. The van der Waals surface area contributed by atoms with Gasteiger partial charge in [0.25, 0.3) is 5.91 Å². The van der Waals surface area contributed by atoms with Gasteiger partial charge in [-0.1, -0.05) is 19.8 Å². The summed E-state index contributed by atoms with van der Waals surface area (Å²) in [5.41, 5.74) is 1.56. The van der Waals surface area contributed by atoms with Crippen molar-refractivity contribution in [2.24, 2.45) is 0 Å². The maximum atomic E-state index is 12.4. The molecule has 5 heteroatoms. The Morgan fingerprint density at radius 1 is 1.27 bits per heavy atom. The van der Waals surface area contributed by atoms with Crippen LogP contribution in [0.1, 0.15) is 42.2 Å². The third-order valence-electron chi connectivity index (χ3n) is 3.32. The summed E-state index contributed by atoms with van der Waals surface area (Å²) in [5, 5.41) is 2.65. The van der Waals surface area contributed by atoms with E-state index in [-0.39, 0.29) is 5.91 Å². The molecule has 0 fully saturated rings. The van der Waals surface area contributed by atoms with Gasteiger partial charge in [0.1, 0.15) is 5.75 Å². The number of carbonyl (C=O) groups is 1. The lowest BCUT2D eigenvalue weighted by Gasteiger charge is -2.14. The minimum Gasteiger partial charge on any atom is -0.494 e. The molecule has 0 aliphatic heterocycles. The fraction of sp³-hybridized carbons (Fsp3) is 0.412. The van der Waals surface area contributed by atoms with Gasteiger partial charge in [0.05, 0.1) is 12.3 Å². The van der Waals surface area contributed by atoms with Crippen LogP contribution in [0.15, 0.2) is 29.6 Å². The van der Waals surface area contributed by atoms with E-state index < -0.39 is 0 Å². The van der Waals surface area contributed by atoms with Crippen molar-refractivity contribution < 1.29 is 9.53 Å². The topological polar surface area (TPSA) is 42.4 Å². The third kappa shape index (κ3) is 4.31. The largest absolute Gasteiger partial charge is 0.494 e. The van der Waals surface area contributed by atoms with Crippen molar-refractivity contribution in [1.29, 1.82) is 0 Å². The van der Waals surface area contributed by atoms with Crippen LogP contribution in [0.5, 0.6) is 5.75 Å². The zero-order chi connectivity index (χ0) is 15.9. The summed E-state index contributed by atoms with van der Waals surface area (Å²) in [6.45, 7) is 4.81. The van der Waals surface area contributed by atoms with Crippen molar-refractivity contribution >= 4 is 22.4 Å². The van der Waals surface area contributed by atoms with Crippen LogP contribution in [-0.2, 0) is 0 Å². The van der Waals surface area contributed by atoms with E-state index in [1.54, 1.807) is 24.1 Å². The Morgan fingerprint density at radius 2 is 2.00 bits per heavy atom. The molecule has 0 saturated carbocycles. The zero-order valence-corrected chi connectivity index (χ0v) is 14.2. The molecule has 2 aromatic rings. The predicted octanol–water partition coefficient (Wildman–Crippen LogP) is 4.30. The highest BCUT2D eigenvalue weighted by molar-refractivity contribution is 7.14. The lowest BCUT2D eigenvalue weighted by Crippen LogP contribution is -2.26. The number of ether oxygens (including phenoxy) is 1. The van der Waals surface area contributed by atoms with E-state index in [0.29, 0.717) is 10.7 Å². The predicted molar refractivity (Wildman–Crippen MR) is 91.0 cm³/mol. The van der Waals surface area contributed by atoms with Gasteiger partial charge >= 0.3 is 0 Å².